The van der Waals surface area contributed by atoms with Crippen LogP contribution in [-0.2, 0) is 6.18 Å². The van der Waals surface area contributed by atoms with Gasteiger partial charge in [0.05, 0.1) is 11.9 Å². The molecule has 2 aromatic heterocycles. The Morgan fingerprint density at radius 2 is 1.95 bits per heavy atom. The van der Waals surface area contributed by atoms with Gasteiger partial charge in [0.1, 0.15) is 6.33 Å². The topological polar surface area (TPSA) is 66.5 Å². The molecular weight excluding hydrogens is 271 g/mol. The molecular formula is C12H8F3N5. The minimum Gasteiger partial charge on any atom is -0.338 e. The molecule has 0 bridgehead atoms. The molecule has 0 spiro atoms. The maximum absolute atomic E-state index is 12.6. The van der Waals surface area contributed by atoms with Crippen LogP contribution in [0.3, 0.4) is 0 Å². The lowest BCUT2D eigenvalue weighted by Gasteiger charge is -2.10. The van der Waals surface area contributed by atoms with Crippen molar-refractivity contribution in [3.8, 4) is 0 Å². The molecule has 0 saturated carbocycles. The average molecular weight is 279 g/mol. The third-order valence-corrected chi connectivity index (χ3v) is 2.67. The van der Waals surface area contributed by atoms with Crippen molar-refractivity contribution >= 4 is 22.7 Å². The quantitative estimate of drug-likeness (QED) is 0.756. The number of H-pyrrole nitrogens is 1. The zero-order valence-corrected chi connectivity index (χ0v) is 9.94. The van der Waals surface area contributed by atoms with Crippen molar-refractivity contribution in [2.45, 2.75) is 6.18 Å². The van der Waals surface area contributed by atoms with E-state index in [1.54, 1.807) is 0 Å². The number of aromatic amines is 1. The minimum absolute atomic E-state index is 0.280. The summed E-state index contributed by atoms with van der Waals surface area (Å²) in [5.41, 5.74) is 0.525. The first kappa shape index (κ1) is 12.4. The second kappa shape index (κ2) is 4.48. The van der Waals surface area contributed by atoms with Crippen molar-refractivity contribution in [1.82, 2.24) is 19.9 Å². The monoisotopic (exact) mass is 279 g/mol. The van der Waals surface area contributed by atoms with Gasteiger partial charge >= 0.3 is 6.18 Å². The van der Waals surface area contributed by atoms with E-state index < -0.39 is 11.7 Å². The summed E-state index contributed by atoms with van der Waals surface area (Å²) in [6.07, 6.45) is -1.64. The van der Waals surface area contributed by atoms with Gasteiger partial charge in [0, 0.05) is 5.69 Å². The molecule has 1 aromatic carbocycles. The normalized spacial score (nSPS) is 11.8. The summed E-state index contributed by atoms with van der Waals surface area (Å²) < 4.78 is 37.9. The first-order valence-electron chi connectivity index (χ1n) is 5.62. The van der Waals surface area contributed by atoms with Gasteiger partial charge in [0.2, 0.25) is 0 Å². The third-order valence-electron chi connectivity index (χ3n) is 2.67. The number of halogens is 3. The Balaban J connectivity index is 1.97. The lowest BCUT2D eigenvalue weighted by molar-refractivity contribution is -0.137. The SMILES string of the molecule is FC(F)(F)c1cccc(Nc2ncnc3[nH]cnc23)c1. The molecule has 0 unspecified atom stereocenters. The number of aromatic nitrogens is 4. The average Bonchev–Trinajstić information content (AvgIpc) is 2.87. The van der Waals surface area contributed by atoms with Gasteiger partial charge in [-0.15, -0.1) is 0 Å². The Kier molecular flexibility index (Phi) is 2.78. The summed E-state index contributed by atoms with van der Waals surface area (Å²) >= 11 is 0. The second-order valence-corrected chi connectivity index (χ2v) is 4.03. The Hall–Kier alpha value is -2.64. The predicted molar refractivity (Wildman–Crippen MR) is 66.4 cm³/mol. The number of benzene rings is 1. The lowest BCUT2D eigenvalue weighted by Crippen LogP contribution is -2.05. The Labute approximate surface area is 110 Å². The van der Waals surface area contributed by atoms with E-state index in [1.807, 2.05) is 0 Å². The first-order valence-corrected chi connectivity index (χ1v) is 5.62. The first-order chi connectivity index (χ1) is 9.54. The van der Waals surface area contributed by atoms with Crippen LogP contribution in [0.15, 0.2) is 36.9 Å². The van der Waals surface area contributed by atoms with E-state index in [1.165, 1.54) is 24.8 Å². The van der Waals surface area contributed by atoms with Gasteiger partial charge in [0.25, 0.3) is 0 Å². The Morgan fingerprint density at radius 3 is 2.75 bits per heavy atom. The van der Waals surface area contributed by atoms with E-state index in [-0.39, 0.29) is 5.69 Å². The second-order valence-electron chi connectivity index (χ2n) is 4.03. The highest BCUT2D eigenvalue weighted by molar-refractivity contribution is 5.84. The van der Waals surface area contributed by atoms with Crippen LogP contribution in [0.5, 0.6) is 0 Å². The van der Waals surface area contributed by atoms with Crippen LogP contribution < -0.4 is 5.32 Å². The van der Waals surface area contributed by atoms with Crippen LogP contribution >= 0.6 is 0 Å². The standard InChI is InChI=1S/C12H8F3N5/c13-12(14,15)7-2-1-3-8(4-7)20-11-9-10(17-5-16-9)18-6-19-11/h1-6H,(H2,16,17,18,19,20). The van der Waals surface area contributed by atoms with Crippen molar-refractivity contribution in [3.63, 3.8) is 0 Å². The fourth-order valence-corrected chi connectivity index (χ4v) is 1.77. The van der Waals surface area contributed by atoms with Gasteiger partial charge in [0.15, 0.2) is 17.0 Å². The summed E-state index contributed by atoms with van der Waals surface area (Å²) in [5, 5.41) is 2.81. The van der Waals surface area contributed by atoms with Gasteiger partial charge in [-0.2, -0.15) is 13.2 Å². The maximum atomic E-state index is 12.6. The van der Waals surface area contributed by atoms with E-state index in [0.29, 0.717) is 17.0 Å². The summed E-state index contributed by atoms with van der Waals surface area (Å²) in [7, 11) is 0. The molecule has 102 valence electrons. The minimum atomic E-state index is -4.38. The van der Waals surface area contributed by atoms with Crippen molar-refractivity contribution in [3.05, 3.63) is 42.5 Å². The number of hydrogen-bond acceptors (Lipinski definition) is 4. The Morgan fingerprint density at radius 1 is 1.10 bits per heavy atom. The highest BCUT2D eigenvalue weighted by Gasteiger charge is 2.30. The molecule has 0 radical (unpaired) electrons. The van der Waals surface area contributed by atoms with Crippen LogP contribution in [0, 0.1) is 0 Å². The number of anilines is 2. The number of rotatable bonds is 2. The number of nitrogens with zero attached hydrogens (tertiary/aromatic N) is 3. The fraction of sp³-hybridized carbons (Fsp3) is 0.0833. The van der Waals surface area contributed by atoms with Crippen LogP contribution in [0.4, 0.5) is 24.7 Å². The van der Waals surface area contributed by atoms with E-state index >= 15 is 0 Å². The van der Waals surface area contributed by atoms with Gasteiger partial charge in [-0.1, -0.05) is 6.07 Å². The molecule has 20 heavy (non-hydrogen) atoms. The van der Waals surface area contributed by atoms with E-state index in [0.717, 1.165) is 12.1 Å². The van der Waals surface area contributed by atoms with Crippen molar-refractivity contribution < 1.29 is 13.2 Å². The highest BCUT2D eigenvalue weighted by atomic mass is 19.4. The molecule has 2 N–H and O–H groups in total. The van der Waals surface area contributed by atoms with Gasteiger partial charge in [-0.3, -0.25) is 0 Å². The van der Waals surface area contributed by atoms with E-state index in [2.05, 4.69) is 25.3 Å². The van der Waals surface area contributed by atoms with Crippen LogP contribution in [-0.4, -0.2) is 19.9 Å². The molecule has 0 atom stereocenters. The predicted octanol–water partition coefficient (Wildman–Crippen LogP) is 3.12. The van der Waals surface area contributed by atoms with Crippen LogP contribution in [0.2, 0.25) is 0 Å². The van der Waals surface area contributed by atoms with Crippen molar-refractivity contribution in [2.24, 2.45) is 0 Å². The van der Waals surface area contributed by atoms with Crippen LogP contribution in [0.1, 0.15) is 5.56 Å². The molecule has 3 rings (SSSR count). The van der Waals surface area contributed by atoms with E-state index in [9.17, 15) is 13.2 Å². The summed E-state index contributed by atoms with van der Waals surface area (Å²) in [6.45, 7) is 0. The molecule has 0 aliphatic heterocycles. The fourth-order valence-electron chi connectivity index (χ4n) is 1.77. The summed E-state index contributed by atoms with van der Waals surface area (Å²) in [6, 6.07) is 4.87. The van der Waals surface area contributed by atoms with Gasteiger partial charge in [-0.25, -0.2) is 15.0 Å². The number of hydrogen-bond donors (Lipinski definition) is 2. The zero-order valence-electron chi connectivity index (χ0n) is 9.94. The third kappa shape index (κ3) is 2.27. The van der Waals surface area contributed by atoms with Crippen molar-refractivity contribution in [1.29, 1.82) is 0 Å². The number of nitrogens with one attached hydrogen (secondary N) is 2. The van der Waals surface area contributed by atoms with Crippen LogP contribution in [0.25, 0.3) is 11.2 Å². The molecule has 2 heterocycles. The smallest absolute Gasteiger partial charge is 0.338 e. The molecule has 0 aliphatic rings. The number of alkyl halides is 3. The zero-order chi connectivity index (χ0) is 14.2. The molecule has 0 saturated heterocycles. The van der Waals surface area contributed by atoms with Gasteiger partial charge < -0.3 is 10.3 Å². The molecule has 3 aromatic rings. The highest BCUT2D eigenvalue weighted by Crippen LogP contribution is 2.31. The van der Waals surface area contributed by atoms with E-state index in [4.69, 9.17) is 0 Å². The molecule has 0 fully saturated rings. The Bertz CT molecular complexity index is 750. The summed E-state index contributed by atoms with van der Waals surface area (Å²) in [4.78, 5) is 14.8. The molecule has 8 heteroatoms. The molecule has 0 amide bonds. The number of imidazole rings is 1. The molecule has 0 aliphatic carbocycles. The van der Waals surface area contributed by atoms with Crippen molar-refractivity contribution in [2.75, 3.05) is 5.32 Å². The summed E-state index contributed by atoms with van der Waals surface area (Å²) in [5.74, 6) is 0.343. The largest absolute Gasteiger partial charge is 0.416 e. The molecule has 5 nitrogen and oxygen atoms in total. The maximum Gasteiger partial charge on any atom is 0.416 e. The van der Waals surface area contributed by atoms with Gasteiger partial charge in [-0.05, 0) is 18.2 Å². The number of fused-ring (bicyclic) bond motifs is 1. The lowest BCUT2D eigenvalue weighted by atomic mass is 10.2.